The number of nitrogens with one attached hydrogen (secondary N) is 1. The smallest absolute Gasteiger partial charge is 0.338 e. The summed E-state index contributed by atoms with van der Waals surface area (Å²) in [6.45, 7) is 3.01. The second-order valence-corrected chi connectivity index (χ2v) is 6.52. The maximum Gasteiger partial charge on any atom is 0.338 e. The molecule has 0 bridgehead atoms. The molecule has 0 spiro atoms. The Kier molecular flexibility index (Phi) is 8.73. The number of carbonyl (C=O) groups excluding carboxylic acids is 3. The summed E-state index contributed by atoms with van der Waals surface area (Å²) in [5.41, 5.74) is -0.261. The predicted octanol–water partition coefficient (Wildman–Crippen LogP) is 2.18. The lowest BCUT2D eigenvalue weighted by atomic mass is 9.99. The van der Waals surface area contributed by atoms with Crippen LogP contribution in [0, 0.1) is 16.0 Å². The zero-order valence-electron chi connectivity index (χ0n) is 15.5. The number of benzene rings is 1. The minimum absolute atomic E-state index is 0.0428. The fourth-order valence-electron chi connectivity index (χ4n) is 2.19. The van der Waals surface area contributed by atoms with Crippen LogP contribution in [0.15, 0.2) is 23.1 Å². The van der Waals surface area contributed by atoms with Crippen molar-refractivity contribution in [1.82, 2.24) is 5.32 Å². The van der Waals surface area contributed by atoms with Gasteiger partial charge < -0.3 is 14.8 Å². The van der Waals surface area contributed by atoms with Gasteiger partial charge in [0, 0.05) is 6.07 Å². The van der Waals surface area contributed by atoms with Crippen molar-refractivity contribution >= 4 is 35.3 Å². The van der Waals surface area contributed by atoms with Crippen molar-refractivity contribution < 1.29 is 28.8 Å². The number of hydrogen-bond donors (Lipinski definition) is 1. The number of nitrogens with zero attached hydrogens (tertiary/aromatic N) is 1. The van der Waals surface area contributed by atoms with Crippen LogP contribution < -0.4 is 5.32 Å². The molecule has 0 saturated carbocycles. The van der Waals surface area contributed by atoms with E-state index < -0.39 is 35.4 Å². The summed E-state index contributed by atoms with van der Waals surface area (Å²) < 4.78 is 9.55. The van der Waals surface area contributed by atoms with Gasteiger partial charge in [0.1, 0.15) is 6.04 Å². The summed E-state index contributed by atoms with van der Waals surface area (Å²) in [6.07, 6.45) is 2.31. The first-order valence-corrected chi connectivity index (χ1v) is 9.34. The highest BCUT2D eigenvalue weighted by Gasteiger charge is 2.27. The number of esters is 2. The molecule has 9 nitrogen and oxygen atoms in total. The molecule has 1 aromatic carbocycles. The van der Waals surface area contributed by atoms with Gasteiger partial charge in [-0.1, -0.05) is 20.3 Å². The average molecular weight is 398 g/mol. The number of carbonyl (C=O) groups is 3. The van der Waals surface area contributed by atoms with Gasteiger partial charge in [0.2, 0.25) is 0 Å². The summed E-state index contributed by atoms with van der Waals surface area (Å²) in [6, 6.07) is 3.07. The molecule has 0 unspecified atom stereocenters. The van der Waals surface area contributed by atoms with E-state index in [1.54, 1.807) is 13.2 Å². The normalized spacial score (nSPS) is 12.6. The monoisotopic (exact) mass is 398 g/mol. The number of methoxy groups -OCH3 is 1. The van der Waals surface area contributed by atoms with Gasteiger partial charge in [-0.05, 0) is 24.3 Å². The Morgan fingerprint density at radius 2 is 2.00 bits per heavy atom. The van der Waals surface area contributed by atoms with Crippen molar-refractivity contribution in [2.45, 2.75) is 31.2 Å². The molecule has 2 atom stereocenters. The van der Waals surface area contributed by atoms with E-state index in [2.05, 4.69) is 10.1 Å². The van der Waals surface area contributed by atoms with Crippen LogP contribution in [0.4, 0.5) is 5.69 Å². The van der Waals surface area contributed by atoms with Crippen molar-refractivity contribution in [3.05, 3.63) is 33.9 Å². The average Bonchev–Trinajstić information content (AvgIpc) is 2.68. The molecule has 0 aliphatic heterocycles. The zero-order chi connectivity index (χ0) is 20.6. The Hall–Kier alpha value is -2.62. The molecule has 0 aromatic heterocycles. The van der Waals surface area contributed by atoms with Crippen molar-refractivity contribution in [2.24, 2.45) is 5.92 Å². The number of nitro groups is 1. The maximum absolute atomic E-state index is 12.1. The molecule has 27 heavy (non-hydrogen) atoms. The molecule has 0 aliphatic rings. The van der Waals surface area contributed by atoms with Crippen LogP contribution in [0.5, 0.6) is 0 Å². The molecule has 1 aromatic rings. The number of thioether (sulfide) groups is 1. The number of nitro benzene ring substituents is 1. The number of ether oxygens (including phenoxy) is 2. The Balaban J connectivity index is 2.76. The predicted molar refractivity (Wildman–Crippen MR) is 98.6 cm³/mol. The topological polar surface area (TPSA) is 125 Å². The lowest BCUT2D eigenvalue weighted by molar-refractivity contribution is -0.387. The molecule has 1 amide bonds. The van der Waals surface area contributed by atoms with Crippen LogP contribution in [0.1, 0.15) is 30.6 Å². The standard InChI is InChI=1S/C17H22N2O7S/c1-5-10(2)15(17(22)25-3)18-14(20)9-26-16(21)11-6-7-13(27-4)12(8-11)19(23)24/h6-8,10,15H,5,9H2,1-4H3,(H,18,20)/t10-,15+/m0/s1. The van der Waals surface area contributed by atoms with Gasteiger partial charge in [-0.15, -0.1) is 11.8 Å². The van der Waals surface area contributed by atoms with E-state index >= 15 is 0 Å². The van der Waals surface area contributed by atoms with Gasteiger partial charge in [-0.2, -0.15) is 0 Å². The van der Waals surface area contributed by atoms with Crippen LogP contribution in [0.25, 0.3) is 0 Å². The van der Waals surface area contributed by atoms with Crippen molar-refractivity contribution in [1.29, 1.82) is 0 Å². The van der Waals surface area contributed by atoms with Crippen molar-refractivity contribution in [3.63, 3.8) is 0 Å². The molecule has 10 heteroatoms. The largest absolute Gasteiger partial charge is 0.467 e. The Morgan fingerprint density at radius 1 is 1.33 bits per heavy atom. The van der Waals surface area contributed by atoms with E-state index in [1.165, 1.54) is 31.0 Å². The third-order valence-corrected chi connectivity index (χ3v) is 4.72. The first-order chi connectivity index (χ1) is 12.7. The van der Waals surface area contributed by atoms with E-state index in [0.717, 1.165) is 6.07 Å². The third-order valence-electron chi connectivity index (χ3n) is 3.93. The summed E-state index contributed by atoms with van der Waals surface area (Å²) in [5, 5.41) is 13.5. The zero-order valence-corrected chi connectivity index (χ0v) is 16.3. The van der Waals surface area contributed by atoms with Gasteiger partial charge in [-0.3, -0.25) is 14.9 Å². The van der Waals surface area contributed by atoms with Crippen LogP contribution in [-0.4, -0.2) is 48.8 Å². The molecular formula is C17H22N2O7S. The summed E-state index contributed by atoms with van der Waals surface area (Å²) in [7, 11) is 1.22. The SMILES string of the molecule is CC[C@H](C)[C@@H](NC(=O)COC(=O)c1ccc(SC)c([N+](=O)[O-])c1)C(=O)OC. The van der Waals surface area contributed by atoms with E-state index in [-0.39, 0.29) is 17.2 Å². The van der Waals surface area contributed by atoms with Crippen LogP contribution >= 0.6 is 11.8 Å². The van der Waals surface area contributed by atoms with Gasteiger partial charge in [0.15, 0.2) is 6.61 Å². The second kappa shape index (κ2) is 10.5. The lowest BCUT2D eigenvalue weighted by Gasteiger charge is -2.21. The molecule has 0 radical (unpaired) electrons. The summed E-state index contributed by atoms with van der Waals surface area (Å²) in [5.74, 6) is -2.31. The van der Waals surface area contributed by atoms with Crippen molar-refractivity contribution in [3.8, 4) is 0 Å². The Labute approximate surface area is 160 Å². The van der Waals surface area contributed by atoms with Crippen LogP contribution in [-0.2, 0) is 19.1 Å². The lowest BCUT2D eigenvalue weighted by Crippen LogP contribution is -2.47. The maximum atomic E-state index is 12.1. The third kappa shape index (κ3) is 6.24. The molecule has 1 rings (SSSR count). The molecule has 0 heterocycles. The summed E-state index contributed by atoms with van der Waals surface area (Å²) in [4.78, 5) is 46.7. The van der Waals surface area contributed by atoms with Gasteiger partial charge in [0.25, 0.3) is 11.6 Å². The van der Waals surface area contributed by atoms with Crippen molar-refractivity contribution in [2.75, 3.05) is 20.0 Å². The highest BCUT2D eigenvalue weighted by Crippen LogP contribution is 2.28. The second-order valence-electron chi connectivity index (χ2n) is 5.67. The highest BCUT2D eigenvalue weighted by molar-refractivity contribution is 7.98. The fourth-order valence-corrected chi connectivity index (χ4v) is 2.73. The molecule has 0 saturated heterocycles. The molecule has 0 aliphatic carbocycles. The number of hydrogen-bond acceptors (Lipinski definition) is 8. The number of rotatable bonds is 9. The Bertz CT molecular complexity index is 723. The summed E-state index contributed by atoms with van der Waals surface area (Å²) >= 11 is 1.18. The van der Waals surface area contributed by atoms with E-state index in [0.29, 0.717) is 11.3 Å². The molecule has 1 N–H and O–H groups in total. The quantitative estimate of drug-likeness (QED) is 0.290. The minimum atomic E-state index is -0.876. The van der Waals surface area contributed by atoms with E-state index in [4.69, 9.17) is 4.74 Å². The molecular weight excluding hydrogens is 376 g/mol. The van der Waals surface area contributed by atoms with E-state index in [9.17, 15) is 24.5 Å². The van der Waals surface area contributed by atoms with Crippen LogP contribution in [0.3, 0.4) is 0 Å². The van der Waals surface area contributed by atoms with Gasteiger partial charge in [0.05, 0.1) is 22.5 Å². The van der Waals surface area contributed by atoms with E-state index in [1.807, 2.05) is 6.92 Å². The Morgan fingerprint density at radius 3 is 2.52 bits per heavy atom. The minimum Gasteiger partial charge on any atom is -0.467 e. The molecule has 0 fully saturated rings. The first-order valence-electron chi connectivity index (χ1n) is 8.11. The fraction of sp³-hybridized carbons (Fsp3) is 0.471. The first kappa shape index (κ1) is 22.4. The van der Waals surface area contributed by atoms with Crippen LogP contribution in [0.2, 0.25) is 0 Å². The van der Waals surface area contributed by atoms with Gasteiger partial charge in [-0.25, -0.2) is 9.59 Å². The number of amides is 1. The highest BCUT2D eigenvalue weighted by atomic mass is 32.2. The van der Waals surface area contributed by atoms with Gasteiger partial charge >= 0.3 is 11.9 Å². The molecule has 148 valence electrons.